The summed E-state index contributed by atoms with van der Waals surface area (Å²) in [7, 11) is 0. The van der Waals surface area contributed by atoms with Gasteiger partial charge in [-0.1, -0.05) is 13.8 Å². The third kappa shape index (κ3) is 4.64. The Morgan fingerprint density at radius 2 is 2.11 bits per heavy atom. The minimum atomic E-state index is 0.272. The van der Waals surface area contributed by atoms with Crippen molar-refractivity contribution < 1.29 is 4.74 Å². The van der Waals surface area contributed by atoms with Gasteiger partial charge in [0.15, 0.2) is 0 Å². The van der Waals surface area contributed by atoms with Crippen LogP contribution in [0.25, 0.3) is 0 Å². The van der Waals surface area contributed by atoms with Crippen molar-refractivity contribution in [3.05, 3.63) is 0 Å². The molecule has 0 radical (unpaired) electrons. The maximum Gasteiger partial charge on any atom is 0.0700 e. The van der Waals surface area contributed by atoms with Gasteiger partial charge in [-0.25, -0.2) is 0 Å². The first-order chi connectivity index (χ1) is 9.28. The molecule has 0 saturated carbocycles. The third-order valence-corrected chi connectivity index (χ3v) is 5.89. The zero-order chi connectivity index (χ0) is 13.6. The minimum Gasteiger partial charge on any atom is -0.375 e. The van der Waals surface area contributed by atoms with Gasteiger partial charge in [0, 0.05) is 12.6 Å². The van der Waals surface area contributed by atoms with Crippen molar-refractivity contribution in [2.45, 2.75) is 70.4 Å². The fraction of sp³-hybridized carbons (Fsp3) is 1.00. The molecule has 2 saturated heterocycles. The van der Waals surface area contributed by atoms with Crippen molar-refractivity contribution in [1.29, 1.82) is 0 Å². The number of ether oxygens (including phenoxy) is 1. The summed E-state index contributed by atoms with van der Waals surface area (Å²) in [6.07, 6.45) is 9.20. The summed E-state index contributed by atoms with van der Waals surface area (Å²) in [5, 5.41) is 3.61. The predicted molar refractivity (Wildman–Crippen MR) is 85.0 cm³/mol. The molecule has 19 heavy (non-hydrogen) atoms. The fourth-order valence-corrected chi connectivity index (χ4v) is 4.88. The highest BCUT2D eigenvalue weighted by Gasteiger charge is 2.38. The van der Waals surface area contributed by atoms with E-state index in [0.29, 0.717) is 0 Å². The Bertz CT molecular complexity index is 248. The summed E-state index contributed by atoms with van der Waals surface area (Å²) in [6, 6.07) is 0.728. The smallest absolute Gasteiger partial charge is 0.0700 e. The summed E-state index contributed by atoms with van der Waals surface area (Å²) in [5.41, 5.74) is 0.272. The van der Waals surface area contributed by atoms with Crippen molar-refractivity contribution >= 4 is 11.8 Å². The van der Waals surface area contributed by atoms with Crippen molar-refractivity contribution in [2.24, 2.45) is 5.92 Å². The highest BCUT2D eigenvalue weighted by molar-refractivity contribution is 7.99. The van der Waals surface area contributed by atoms with Crippen LogP contribution >= 0.6 is 11.8 Å². The Kier molecular flexibility index (Phi) is 6.51. The van der Waals surface area contributed by atoms with Gasteiger partial charge in [-0.2, -0.15) is 11.8 Å². The Morgan fingerprint density at radius 1 is 1.32 bits per heavy atom. The van der Waals surface area contributed by atoms with Crippen LogP contribution in [0.4, 0.5) is 0 Å². The first-order valence-electron chi connectivity index (χ1n) is 8.23. The van der Waals surface area contributed by atoms with Crippen LogP contribution < -0.4 is 5.32 Å². The van der Waals surface area contributed by atoms with E-state index in [1.165, 1.54) is 56.5 Å². The lowest BCUT2D eigenvalue weighted by molar-refractivity contribution is -0.103. The molecule has 0 aromatic heterocycles. The molecule has 3 heteroatoms. The average molecular weight is 285 g/mol. The molecule has 2 atom stereocenters. The van der Waals surface area contributed by atoms with E-state index in [4.69, 9.17) is 4.74 Å². The molecule has 2 aliphatic heterocycles. The first kappa shape index (κ1) is 15.7. The number of thioether (sulfide) groups is 1. The van der Waals surface area contributed by atoms with Gasteiger partial charge in [-0.3, -0.25) is 0 Å². The van der Waals surface area contributed by atoms with Crippen molar-refractivity contribution in [1.82, 2.24) is 5.32 Å². The maximum absolute atomic E-state index is 6.19. The molecule has 2 fully saturated rings. The molecule has 1 spiro atoms. The molecule has 2 rings (SSSR count). The Labute approximate surface area is 123 Å². The second-order valence-electron chi connectivity index (χ2n) is 6.24. The van der Waals surface area contributed by atoms with E-state index in [2.05, 4.69) is 30.9 Å². The molecular formula is C16H31NOS. The summed E-state index contributed by atoms with van der Waals surface area (Å²) in [5.74, 6) is 3.52. The van der Waals surface area contributed by atoms with Gasteiger partial charge in [0.05, 0.1) is 5.60 Å². The molecule has 0 amide bonds. The highest BCUT2D eigenvalue weighted by atomic mass is 32.2. The summed E-state index contributed by atoms with van der Waals surface area (Å²) in [4.78, 5) is 0. The van der Waals surface area contributed by atoms with Crippen LogP contribution in [0.2, 0.25) is 0 Å². The van der Waals surface area contributed by atoms with Crippen LogP contribution in [-0.2, 0) is 4.74 Å². The van der Waals surface area contributed by atoms with E-state index >= 15 is 0 Å². The SMILES string of the molecule is CCNC(CC)CCC1CCOC2(CCSCC2)C1. The van der Waals surface area contributed by atoms with E-state index in [-0.39, 0.29) is 5.60 Å². The number of rotatable bonds is 6. The topological polar surface area (TPSA) is 21.3 Å². The van der Waals surface area contributed by atoms with Crippen LogP contribution in [0.5, 0.6) is 0 Å². The normalized spacial score (nSPS) is 28.4. The molecule has 112 valence electrons. The Hall–Kier alpha value is 0.270. The van der Waals surface area contributed by atoms with E-state index in [1.54, 1.807) is 0 Å². The Balaban J connectivity index is 1.77. The molecule has 0 bridgehead atoms. The maximum atomic E-state index is 6.19. The van der Waals surface area contributed by atoms with Gasteiger partial charge in [-0.15, -0.1) is 0 Å². The quantitative estimate of drug-likeness (QED) is 0.801. The van der Waals surface area contributed by atoms with E-state index < -0.39 is 0 Å². The van der Waals surface area contributed by atoms with Gasteiger partial charge < -0.3 is 10.1 Å². The van der Waals surface area contributed by atoms with Crippen LogP contribution in [0.1, 0.15) is 58.8 Å². The summed E-state index contributed by atoms with van der Waals surface area (Å²) in [6.45, 7) is 6.63. The molecule has 0 aromatic carbocycles. The molecule has 2 aliphatic rings. The van der Waals surface area contributed by atoms with Gasteiger partial charge >= 0.3 is 0 Å². The van der Waals surface area contributed by atoms with Gasteiger partial charge in [-0.05, 0) is 68.9 Å². The van der Waals surface area contributed by atoms with Crippen LogP contribution in [-0.4, -0.2) is 36.3 Å². The van der Waals surface area contributed by atoms with Crippen LogP contribution in [0, 0.1) is 5.92 Å². The minimum absolute atomic E-state index is 0.272. The molecule has 2 heterocycles. The molecule has 0 aliphatic carbocycles. The summed E-state index contributed by atoms with van der Waals surface area (Å²) < 4.78 is 6.19. The van der Waals surface area contributed by atoms with Crippen molar-refractivity contribution in [3.63, 3.8) is 0 Å². The highest BCUT2D eigenvalue weighted by Crippen LogP contribution is 2.41. The average Bonchev–Trinajstić information content (AvgIpc) is 2.44. The lowest BCUT2D eigenvalue weighted by Gasteiger charge is -2.43. The third-order valence-electron chi connectivity index (χ3n) is 4.91. The lowest BCUT2D eigenvalue weighted by Crippen LogP contribution is -2.43. The van der Waals surface area contributed by atoms with E-state index in [1.807, 2.05) is 0 Å². The molecule has 1 N–H and O–H groups in total. The van der Waals surface area contributed by atoms with Crippen LogP contribution in [0.3, 0.4) is 0 Å². The fourth-order valence-electron chi connectivity index (χ4n) is 3.64. The van der Waals surface area contributed by atoms with Gasteiger partial charge in [0.2, 0.25) is 0 Å². The molecule has 2 unspecified atom stereocenters. The second-order valence-corrected chi connectivity index (χ2v) is 7.47. The van der Waals surface area contributed by atoms with E-state index in [9.17, 15) is 0 Å². The zero-order valence-corrected chi connectivity index (χ0v) is 13.6. The van der Waals surface area contributed by atoms with Gasteiger partial charge in [0.25, 0.3) is 0 Å². The first-order valence-corrected chi connectivity index (χ1v) is 9.38. The Morgan fingerprint density at radius 3 is 2.79 bits per heavy atom. The monoisotopic (exact) mass is 285 g/mol. The molecule has 0 aromatic rings. The molecular weight excluding hydrogens is 254 g/mol. The predicted octanol–water partition coefficient (Wildman–Crippen LogP) is 3.85. The van der Waals surface area contributed by atoms with Gasteiger partial charge in [0.1, 0.15) is 0 Å². The van der Waals surface area contributed by atoms with Crippen molar-refractivity contribution in [2.75, 3.05) is 24.7 Å². The number of hydrogen-bond acceptors (Lipinski definition) is 3. The number of nitrogens with one attached hydrogen (secondary N) is 1. The molecule has 2 nitrogen and oxygen atoms in total. The standard InChI is InChI=1S/C16H31NOS/c1-3-15(17-4-2)6-5-14-7-10-18-16(13-14)8-11-19-12-9-16/h14-15,17H,3-13H2,1-2H3. The zero-order valence-electron chi connectivity index (χ0n) is 12.7. The summed E-state index contributed by atoms with van der Waals surface area (Å²) >= 11 is 2.10. The van der Waals surface area contributed by atoms with E-state index in [0.717, 1.165) is 25.1 Å². The lowest BCUT2D eigenvalue weighted by atomic mass is 9.79. The second kappa shape index (κ2) is 7.90. The number of hydrogen-bond donors (Lipinski definition) is 1. The van der Waals surface area contributed by atoms with Crippen LogP contribution in [0.15, 0.2) is 0 Å². The van der Waals surface area contributed by atoms with Crippen molar-refractivity contribution in [3.8, 4) is 0 Å². The largest absolute Gasteiger partial charge is 0.375 e.